The average molecular weight is 406 g/mol. The second-order valence-electron chi connectivity index (χ2n) is 3.49. The molecular formula is C8H16Cl2N2Pt+2. The summed E-state index contributed by atoms with van der Waals surface area (Å²) in [5, 5.41) is 6.16. The molecule has 5 heteroatoms. The van der Waals surface area contributed by atoms with Gasteiger partial charge in [0.15, 0.2) is 0 Å². The van der Waals surface area contributed by atoms with Crippen LogP contribution in [0.1, 0.15) is 12.8 Å². The minimum absolute atomic E-state index is 0. The van der Waals surface area contributed by atoms with Crippen molar-refractivity contribution in [3.8, 4) is 0 Å². The summed E-state index contributed by atoms with van der Waals surface area (Å²) >= 11 is 12.7. The fourth-order valence-electron chi connectivity index (χ4n) is 1.72. The molecule has 1 aliphatic rings. The summed E-state index contributed by atoms with van der Waals surface area (Å²) in [6.07, 6.45) is 2.00. The van der Waals surface area contributed by atoms with E-state index in [1.807, 2.05) is 14.1 Å². The maximum absolute atomic E-state index is 6.36. The van der Waals surface area contributed by atoms with Crippen LogP contribution in [0.4, 0.5) is 0 Å². The molecule has 0 heterocycles. The first-order chi connectivity index (χ1) is 5.58. The zero-order chi connectivity index (χ0) is 9.24. The maximum atomic E-state index is 6.36. The molecule has 0 aromatic rings. The van der Waals surface area contributed by atoms with Crippen molar-refractivity contribution in [3.63, 3.8) is 0 Å². The van der Waals surface area contributed by atoms with Gasteiger partial charge in [-0.05, 0) is 26.9 Å². The van der Waals surface area contributed by atoms with Crippen LogP contribution >= 0.6 is 23.2 Å². The minimum Gasteiger partial charge on any atom is -0.318 e. The van der Waals surface area contributed by atoms with Gasteiger partial charge in [-0.3, -0.25) is 0 Å². The van der Waals surface area contributed by atoms with Gasteiger partial charge in [-0.1, -0.05) is 0 Å². The molecule has 1 saturated carbocycles. The summed E-state index contributed by atoms with van der Waals surface area (Å²) in [5.41, 5.74) is 0. The van der Waals surface area contributed by atoms with Crippen molar-refractivity contribution in [1.29, 1.82) is 0 Å². The average Bonchev–Trinajstić information content (AvgIpc) is 2.03. The molecule has 0 aromatic heterocycles. The Hall–Kier alpha value is 1.19. The molecule has 1 aliphatic carbocycles. The predicted octanol–water partition coefficient (Wildman–Crippen LogP) is 1.17. The van der Waals surface area contributed by atoms with Crippen LogP contribution in [-0.4, -0.2) is 36.9 Å². The van der Waals surface area contributed by atoms with Gasteiger partial charge >= 0.3 is 21.1 Å². The zero-order valence-corrected chi connectivity index (χ0v) is 11.7. The summed E-state index contributed by atoms with van der Waals surface area (Å²) in [6, 6.07) is 0. The fourth-order valence-corrected chi connectivity index (χ4v) is 2.50. The van der Waals surface area contributed by atoms with Crippen molar-refractivity contribution in [1.82, 2.24) is 10.6 Å². The van der Waals surface area contributed by atoms with Crippen molar-refractivity contribution in [3.05, 3.63) is 0 Å². The van der Waals surface area contributed by atoms with E-state index in [0.717, 1.165) is 25.9 Å². The van der Waals surface area contributed by atoms with Gasteiger partial charge < -0.3 is 10.6 Å². The van der Waals surface area contributed by atoms with Crippen LogP contribution in [0.25, 0.3) is 0 Å². The Balaban J connectivity index is 0.00000144. The summed E-state index contributed by atoms with van der Waals surface area (Å²) < 4.78 is 0. The Morgan fingerprint density at radius 1 is 1.00 bits per heavy atom. The van der Waals surface area contributed by atoms with E-state index < -0.39 is 0 Å². The third-order valence-corrected chi connectivity index (χ3v) is 4.10. The van der Waals surface area contributed by atoms with Gasteiger partial charge in [-0.25, -0.2) is 0 Å². The van der Waals surface area contributed by atoms with Crippen molar-refractivity contribution < 1.29 is 21.1 Å². The third-order valence-electron chi connectivity index (χ3n) is 2.63. The van der Waals surface area contributed by atoms with Crippen LogP contribution in [0.3, 0.4) is 0 Å². The molecule has 13 heavy (non-hydrogen) atoms. The van der Waals surface area contributed by atoms with Gasteiger partial charge in [0, 0.05) is 13.1 Å². The topological polar surface area (TPSA) is 24.1 Å². The predicted molar refractivity (Wildman–Crippen MR) is 54.3 cm³/mol. The van der Waals surface area contributed by atoms with E-state index >= 15 is 0 Å². The van der Waals surface area contributed by atoms with Crippen molar-refractivity contribution >= 4 is 23.2 Å². The van der Waals surface area contributed by atoms with Gasteiger partial charge in [0.2, 0.25) is 0 Å². The first-order valence-corrected chi connectivity index (χ1v) is 5.01. The van der Waals surface area contributed by atoms with Crippen LogP contribution in [0.2, 0.25) is 0 Å². The van der Waals surface area contributed by atoms with Crippen LogP contribution in [0.15, 0.2) is 0 Å². The first kappa shape index (κ1) is 14.2. The molecule has 0 aromatic carbocycles. The Morgan fingerprint density at radius 2 is 1.31 bits per heavy atom. The molecule has 0 spiro atoms. The van der Waals surface area contributed by atoms with Gasteiger partial charge in [-0.15, -0.1) is 23.2 Å². The molecule has 2 nitrogen and oxygen atoms in total. The van der Waals surface area contributed by atoms with Crippen LogP contribution < -0.4 is 10.6 Å². The van der Waals surface area contributed by atoms with Gasteiger partial charge in [0.1, 0.15) is 0 Å². The summed E-state index contributed by atoms with van der Waals surface area (Å²) in [7, 11) is 3.80. The van der Waals surface area contributed by atoms with E-state index in [4.69, 9.17) is 23.2 Å². The molecule has 1 rings (SSSR count). The third kappa shape index (κ3) is 2.60. The largest absolute Gasteiger partial charge is 2.00 e. The summed E-state index contributed by atoms with van der Waals surface area (Å²) in [4.78, 5) is -0.515. The molecule has 0 saturated heterocycles. The first-order valence-electron chi connectivity index (χ1n) is 4.25. The zero-order valence-electron chi connectivity index (χ0n) is 7.90. The molecule has 1 fully saturated rings. The van der Waals surface area contributed by atoms with Crippen molar-refractivity contribution in [2.24, 2.45) is 0 Å². The Bertz CT molecular complexity index is 152. The molecule has 0 bridgehead atoms. The molecule has 2 atom stereocenters. The molecule has 2 N–H and O–H groups in total. The number of rotatable bonds is 4. The molecule has 0 aliphatic heterocycles. The Morgan fingerprint density at radius 3 is 1.46 bits per heavy atom. The van der Waals surface area contributed by atoms with E-state index in [1.165, 1.54) is 0 Å². The van der Waals surface area contributed by atoms with Crippen molar-refractivity contribution in [2.45, 2.75) is 22.6 Å². The van der Waals surface area contributed by atoms with Gasteiger partial charge in [-0.2, -0.15) is 0 Å². The van der Waals surface area contributed by atoms with Crippen LogP contribution in [0.5, 0.6) is 0 Å². The summed E-state index contributed by atoms with van der Waals surface area (Å²) in [6.45, 7) is 1.56. The van der Waals surface area contributed by atoms with Gasteiger partial charge in [0.05, 0.1) is 9.75 Å². The molecular weight excluding hydrogens is 390 g/mol. The van der Waals surface area contributed by atoms with Crippen LogP contribution in [0, 0.1) is 0 Å². The van der Waals surface area contributed by atoms with Crippen molar-refractivity contribution in [2.75, 3.05) is 27.2 Å². The van der Waals surface area contributed by atoms with E-state index in [2.05, 4.69) is 10.6 Å². The Labute approximate surface area is 104 Å². The van der Waals surface area contributed by atoms with E-state index in [-0.39, 0.29) is 30.8 Å². The maximum Gasteiger partial charge on any atom is 2.00 e. The number of nitrogens with one attached hydrogen (secondary N) is 2. The smallest absolute Gasteiger partial charge is 0.318 e. The SMILES string of the molecule is CNCC1(Cl)CCC1(Cl)CNC.[Pt+2]. The molecule has 0 radical (unpaired) electrons. The Kier molecular flexibility index (Phi) is 5.81. The molecule has 80 valence electrons. The standard InChI is InChI=1S/C8H16Cl2N2.Pt/c1-11-5-7(9)3-4-8(7,10)6-12-2;/h11-12H,3-6H2,1-2H3;/q;+2. The molecule has 2 unspecified atom stereocenters. The minimum atomic E-state index is -0.258. The van der Waals surface area contributed by atoms with Crippen LogP contribution in [-0.2, 0) is 21.1 Å². The van der Waals surface area contributed by atoms with E-state index in [9.17, 15) is 0 Å². The number of halogens is 2. The van der Waals surface area contributed by atoms with E-state index in [1.54, 1.807) is 0 Å². The monoisotopic (exact) mass is 405 g/mol. The van der Waals surface area contributed by atoms with Gasteiger partial charge in [0.25, 0.3) is 0 Å². The molecule has 0 amide bonds. The number of hydrogen-bond acceptors (Lipinski definition) is 2. The quantitative estimate of drug-likeness (QED) is 0.686. The number of alkyl halides is 2. The second-order valence-corrected chi connectivity index (χ2v) is 4.94. The fraction of sp³-hybridized carbons (Fsp3) is 1.00. The van der Waals surface area contributed by atoms with E-state index in [0.29, 0.717) is 0 Å². The summed E-state index contributed by atoms with van der Waals surface area (Å²) in [5.74, 6) is 0. The number of hydrogen-bond donors (Lipinski definition) is 2. The second kappa shape index (κ2) is 5.32. The normalized spacial score (nSPS) is 37.8.